The van der Waals surface area contributed by atoms with Crippen LogP contribution in [0.3, 0.4) is 0 Å². The molecule has 35 heavy (non-hydrogen) atoms. The Balaban J connectivity index is 1.30. The van der Waals surface area contributed by atoms with Crippen LogP contribution in [0.5, 0.6) is 17.4 Å². The van der Waals surface area contributed by atoms with Gasteiger partial charge in [0, 0.05) is 31.4 Å². The molecule has 1 aliphatic rings. The predicted octanol–water partition coefficient (Wildman–Crippen LogP) is 2.37. The standard InChI is InChI=1S/C23H30N6O4S2/c1-15-11-20(29-21(25-15)26-22(27-29)35-4)33-14-18-13-28(9-10-32-18)23(34)24-8-7-16-12-17(30-2)5-6-19(16)31-3/h5-6,11-12,18H,7-10,13-14H2,1-4H3,(H,24,34). The summed E-state index contributed by atoms with van der Waals surface area (Å²) in [6.45, 7) is 4.89. The molecular formula is C23H30N6O4S2. The van der Waals surface area contributed by atoms with E-state index in [4.69, 9.17) is 31.2 Å². The van der Waals surface area contributed by atoms with Gasteiger partial charge in [-0.25, -0.2) is 4.98 Å². The second kappa shape index (κ2) is 11.7. The highest BCUT2D eigenvalue weighted by Gasteiger charge is 2.23. The number of aryl methyl sites for hydroxylation is 1. The number of rotatable bonds is 9. The highest BCUT2D eigenvalue weighted by molar-refractivity contribution is 7.98. The van der Waals surface area contributed by atoms with Gasteiger partial charge in [0.2, 0.25) is 11.0 Å². The van der Waals surface area contributed by atoms with Gasteiger partial charge < -0.3 is 29.2 Å². The number of nitrogens with one attached hydrogen (secondary N) is 1. The van der Waals surface area contributed by atoms with Crippen molar-refractivity contribution in [2.75, 3.05) is 53.3 Å². The fourth-order valence-electron chi connectivity index (χ4n) is 3.80. The number of thiocarbonyl (C=S) groups is 1. The molecule has 12 heteroatoms. The molecule has 0 saturated carbocycles. The summed E-state index contributed by atoms with van der Waals surface area (Å²) < 4.78 is 24.4. The summed E-state index contributed by atoms with van der Waals surface area (Å²) in [6, 6.07) is 7.64. The largest absolute Gasteiger partial charge is 0.497 e. The fraction of sp³-hybridized carbons (Fsp3) is 0.478. The third-order valence-corrected chi connectivity index (χ3v) is 6.51. The Morgan fingerprint density at radius 3 is 2.89 bits per heavy atom. The quantitative estimate of drug-likeness (QED) is 0.334. The zero-order valence-electron chi connectivity index (χ0n) is 20.3. The number of methoxy groups -OCH3 is 2. The molecule has 2 aromatic heterocycles. The van der Waals surface area contributed by atoms with Crippen LogP contribution < -0.4 is 19.5 Å². The van der Waals surface area contributed by atoms with Gasteiger partial charge in [0.1, 0.15) is 24.2 Å². The molecule has 3 aromatic rings. The van der Waals surface area contributed by atoms with E-state index in [0.717, 1.165) is 35.7 Å². The number of fused-ring (bicyclic) bond motifs is 1. The van der Waals surface area contributed by atoms with Crippen LogP contribution in [0, 0.1) is 6.92 Å². The van der Waals surface area contributed by atoms with Crippen LogP contribution in [-0.4, -0.2) is 89.0 Å². The minimum Gasteiger partial charge on any atom is -0.497 e. The van der Waals surface area contributed by atoms with Gasteiger partial charge in [-0.1, -0.05) is 11.8 Å². The number of morpholine rings is 1. The maximum absolute atomic E-state index is 6.08. The second-order valence-corrected chi connectivity index (χ2v) is 9.12. The van der Waals surface area contributed by atoms with E-state index in [1.54, 1.807) is 18.7 Å². The topological polar surface area (TPSA) is 95.3 Å². The zero-order chi connectivity index (χ0) is 24.8. The summed E-state index contributed by atoms with van der Waals surface area (Å²) in [5.41, 5.74) is 1.88. The lowest BCUT2D eigenvalue weighted by Gasteiger charge is -2.34. The molecule has 0 aliphatic carbocycles. The predicted molar refractivity (Wildman–Crippen MR) is 138 cm³/mol. The van der Waals surface area contributed by atoms with Crippen molar-refractivity contribution < 1.29 is 18.9 Å². The van der Waals surface area contributed by atoms with E-state index in [-0.39, 0.29) is 6.10 Å². The Hall–Kier alpha value is -2.83. The Bertz CT molecular complexity index is 1170. The molecule has 10 nitrogen and oxygen atoms in total. The van der Waals surface area contributed by atoms with E-state index < -0.39 is 0 Å². The van der Waals surface area contributed by atoms with E-state index in [1.165, 1.54) is 11.8 Å². The molecule has 1 aromatic carbocycles. The average molecular weight is 519 g/mol. The summed E-state index contributed by atoms with van der Waals surface area (Å²) in [6.07, 6.45) is 2.55. The number of ether oxygens (including phenoxy) is 4. The van der Waals surface area contributed by atoms with E-state index in [9.17, 15) is 0 Å². The van der Waals surface area contributed by atoms with Gasteiger partial charge in [-0.2, -0.15) is 9.50 Å². The molecule has 1 N–H and O–H groups in total. The maximum Gasteiger partial charge on any atom is 0.256 e. The van der Waals surface area contributed by atoms with Crippen molar-refractivity contribution in [3.8, 4) is 17.4 Å². The van der Waals surface area contributed by atoms with Crippen molar-refractivity contribution in [3.05, 3.63) is 35.5 Å². The number of aromatic nitrogens is 4. The van der Waals surface area contributed by atoms with Crippen LogP contribution in [0.4, 0.5) is 0 Å². The first-order valence-electron chi connectivity index (χ1n) is 11.3. The summed E-state index contributed by atoms with van der Waals surface area (Å²) in [5, 5.41) is 9.15. The molecule has 1 atom stereocenters. The van der Waals surface area contributed by atoms with Gasteiger partial charge in [-0.3, -0.25) is 0 Å². The molecule has 0 amide bonds. The Labute approximate surface area is 214 Å². The van der Waals surface area contributed by atoms with Crippen molar-refractivity contribution in [2.24, 2.45) is 0 Å². The molecule has 1 fully saturated rings. The third-order valence-electron chi connectivity index (χ3n) is 5.57. The molecule has 4 rings (SSSR count). The van der Waals surface area contributed by atoms with Crippen LogP contribution in [0.25, 0.3) is 5.78 Å². The van der Waals surface area contributed by atoms with Gasteiger partial charge >= 0.3 is 0 Å². The number of hydrogen-bond acceptors (Lipinski definition) is 9. The van der Waals surface area contributed by atoms with E-state index >= 15 is 0 Å². The Morgan fingerprint density at radius 1 is 1.26 bits per heavy atom. The summed E-state index contributed by atoms with van der Waals surface area (Å²) in [4.78, 5) is 10.9. The number of hydrogen-bond donors (Lipinski definition) is 1. The van der Waals surface area contributed by atoms with Crippen molar-refractivity contribution in [3.63, 3.8) is 0 Å². The molecule has 0 bridgehead atoms. The van der Waals surface area contributed by atoms with Crippen molar-refractivity contribution in [1.82, 2.24) is 29.8 Å². The summed E-state index contributed by atoms with van der Waals surface area (Å²) >= 11 is 7.12. The number of benzene rings is 1. The molecule has 0 radical (unpaired) electrons. The molecule has 1 saturated heterocycles. The lowest BCUT2D eigenvalue weighted by molar-refractivity contribution is -0.0299. The number of thioether (sulfide) groups is 1. The first-order chi connectivity index (χ1) is 17.0. The van der Waals surface area contributed by atoms with Gasteiger partial charge in [-0.05, 0) is 55.6 Å². The van der Waals surface area contributed by atoms with Gasteiger partial charge in [0.25, 0.3) is 5.78 Å². The lowest BCUT2D eigenvalue weighted by Crippen LogP contribution is -2.51. The summed E-state index contributed by atoms with van der Waals surface area (Å²) in [7, 11) is 3.32. The molecule has 0 spiro atoms. The van der Waals surface area contributed by atoms with Crippen LogP contribution in [0.15, 0.2) is 29.4 Å². The van der Waals surface area contributed by atoms with Gasteiger partial charge in [-0.15, -0.1) is 5.10 Å². The third kappa shape index (κ3) is 6.24. The van der Waals surface area contributed by atoms with Crippen molar-refractivity contribution in [1.29, 1.82) is 0 Å². The number of nitrogens with zero attached hydrogens (tertiary/aromatic N) is 5. The molecule has 1 aliphatic heterocycles. The van der Waals surface area contributed by atoms with Gasteiger partial charge in [0.15, 0.2) is 5.11 Å². The molecular weight excluding hydrogens is 488 g/mol. The fourth-order valence-corrected chi connectivity index (χ4v) is 4.41. The van der Waals surface area contributed by atoms with E-state index in [1.807, 2.05) is 37.4 Å². The zero-order valence-corrected chi connectivity index (χ0v) is 21.9. The molecule has 3 heterocycles. The Morgan fingerprint density at radius 2 is 2.11 bits per heavy atom. The smallest absolute Gasteiger partial charge is 0.256 e. The lowest BCUT2D eigenvalue weighted by atomic mass is 10.1. The van der Waals surface area contributed by atoms with Crippen LogP contribution in [-0.2, 0) is 11.2 Å². The average Bonchev–Trinajstić information content (AvgIpc) is 3.30. The highest BCUT2D eigenvalue weighted by atomic mass is 32.2. The summed E-state index contributed by atoms with van der Waals surface area (Å²) in [5.74, 6) is 2.75. The van der Waals surface area contributed by atoms with Crippen molar-refractivity contribution >= 4 is 34.9 Å². The minimum atomic E-state index is -0.131. The monoisotopic (exact) mass is 518 g/mol. The normalized spacial score (nSPS) is 15.8. The van der Waals surface area contributed by atoms with Crippen molar-refractivity contribution in [2.45, 2.75) is 24.6 Å². The first kappa shape index (κ1) is 25.3. The first-order valence-corrected chi connectivity index (χ1v) is 12.9. The second-order valence-electron chi connectivity index (χ2n) is 7.96. The molecule has 1 unspecified atom stereocenters. The van der Waals surface area contributed by atoms with Crippen LogP contribution in [0.2, 0.25) is 0 Å². The minimum absolute atomic E-state index is 0.131. The van der Waals surface area contributed by atoms with Crippen LogP contribution >= 0.6 is 24.0 Å². The highest BCUT2D eigenvalue weighted by Crippen LogP contribution is 2.24. The maximum atomic E-state index is 6.08. The van der Waals surface area contributed by atoms with Gasteiger partial charge in [0.05, 0.1) is 20.8 Å². The molecule has 188 valence electrons. The van der Waals surface area contributed by atoms with E-state index in [0.29, 0.717) is 48.2 Å². The SMILES string of the molecule is COc1ccc(OC)c(CCNC(=S)N2CCOC(COc3cc(C)nc4nc(SC)nn34)C2)c1. The van der Waals surface area contributed by atoms with Crippen LogP contribution in [0.1, 0.15) is 11.3 Å². The Kier molecular flexibility index (Phi) is 8.47. The van der Waals surface area contributed by atoms with E-state index in [2.05, 4.69) is 25.3 Å².